The highest BCUT2D eigenvalue weighted by Gasteiger charge is 2.27. The van der Waals surface area contributed by atoms with E-state index in [2.05, 4.69) is 25.9 Å². The third kappa shape index (κ3) is 2.25. The lowest BCUT2D eigenvalue weighted by atomic mass is 9.97. The smallest absolute Gasteiger partial charge is 0.342 e. The molecule has 0 aliphatic rings. The van der Waals surface area contributed by atoms with Crippen LogP contribution in [0.1, 0.15) is 37.0 Å². The van der Waals surface area contributed by atoms with Crippen LogP contribution in [0.15, 0.2) is 9.02 Å². The van der Waals surface area contributed by atoms with Crippen molar-refractivity contribution in [2.45, 2.75) is 26.2 Å². The Morgan fingerprint density at radius 3 is 2.50 bits per heavy atom. The number of aromatic nitrogens is 2. The summed E-state index contributed by atoms with van der Waals surface area (Å²) < 4.78 is 6.48. The van der Waals surface area contributed by atoms with Gasteiger partial charge in [-0.2, -0.15) is 0 Å². The van der Waals surface area contributed by atoms with Gasteiger partial charge in [-0.1, -0.05) is 20.8 Å². The first-order valence-corrected chi connectivity index (χ1v) is 6.98. The molecule has 0 spiro atoms. The first-order valence-electron chi connectivity index (χ1n) is 5.11. The highest BCUT2D eigenvalue weighted by molar-refractivity contribution is 14.1. The van der Waals surface area contributed by atoms with E-state index >= 15 is 0 Å². The SMILES string of the molecule is CC(C)(C)c1nc2c(Br)nc(I)c(C(=O)O)c2o1. The summed E-state index contributed by atoms with van der Waals surface area (Å²) in [6.07, 6.45) is 0. The molecule has 18 heavy (non-hydrogen) atoms. The minimum absolute atomic E-state index is 0.0526. The van der Waals surface area contributed by atoms with Crippen molar-refractivity contribution in [1.82, 2.24) is 9.97 Å². The number of hydrogen-bond acceptors (Lipinski definition) is 4. The van der Waals surface area contributed by atoms with Gasteiger partial charge in [0.1, 0.15) is 19.4 Å². The second-order valence-electron chi connectivity index (χ2n) is 4.82. The molecule has 7 heteroatoms. The maximum absolute atomic E-state index is 11.3. The van der Waals surface area contributed by atoms with Gasteiger partial charge in [-0.25, -0.2) is 14.8 Å². The maximum atomic E-state index is 11.3. The standard InChI is InChI=1S/C11H10BrIN2O3/c1-11(2,3)10-14-5-6(18-10)4(9(16)17)8(13)15-7(5)12/h1-3H3,(H,16,17). The number of oxazole rings is 1. The number of pyridine rings is 1. The van der Waals surface area contributed by atoms with E-state index in [-0.39, 0.29) is 16.6 Å². The van der Waals surface area contributed by atoms with Crippen molar-refractivity contribution in [1.29, 1.82) is 0 Å². The average molecular weight is 425 g/mol. The zero-order chi connectivity index (χ0) is 13.7. The highest BCUT2D eigenvalue weighted by Crippen LogP contribution is 2.32. The number of hydrogen-bond donors (Lipinski definition) is 1. The molecule has 0 fully saturated rings. The molecular formula is C11H10BrIN2O3. The largest absolute Gasteiger partial charge is 0.477 e. The van der Waals surface area contributed by atoms with Crippen molar-refractivity contribution in [3.63, 3.8) is 0 Å². The van der Waals surface area contributed by atoms with Crippen molar-refractivity contribution >= 4 is 55.6 Å². The van der Waals surface area contributed by atoms with Crippen LogP contribution in [0, 0.1) is 3.70 Å². The van der Waals surface area contributed by atoms with Crippen molar-refractivity contribution in [2.24, 2.45) is 0 Å². The van der Waals surface area contributed by atoms with Gasteiger partial charge in [-0.05, 0) is 38.5 Å². The fourth-order valence-electron chi connectivity index (χ4n) is 1.42. The quantitative estimate of drug-likeness (QED) is 0.559. The molecule has 0 atom stereocenters. The maximum Gasteiger partial charge on any atom is 0.342 e. The molecule has 0 unspecified atom stereocenters. The normalized spacial score (nSPS) is 12.1. The predicted octanol–water partition coefficient (Wildman–Crippen LogP) is 3.59. The number of rotatable bonds is 1. The van der Waals surface area contributed by atoms with Crippen LogP contribution >= 0.6 is 38.5 Å². The average Bonchev–Trinajstić information content (AvgIpc) is 2.60. The first kappa shape index (κ1) is 13.7. The van der Waals surface area contributed by atoms with Crippen LogP contribution in [0.2, 0.25) is 0 Å². The minimum Gasteiger partial charge on any atom is -0.477 e. The number of halogens is 2. The van der Waals surface area contributed by atoms with Gasteiger partial charge < -0.3 is 9.52 Å². The van der Waals surface area contributed by atoms with Crippen molar-refractivity contribution in [3.05, 3.63) is 19.8 Å². The summed E-state index contributed by atoms with van der Waals surface area (Å²) in [6, 6.07) is 0. The molecule has 0 bridgehead atoms. The molecule has 96 valence electrons. The van der Waals surface area contributed by atoms with E-state index in [4.69, 9.17) is 4.42 Å². The second-order valence-corrected chi connectivity index (χ2v) is 6.59. The Morgan fingerprint density at radius 2 is 2.00 bits per heavy atom. The van der Waals surface area contributed by atoms with Crippen LogP contribution in [0.25, 0.3) is 11.1 Å². The van der Waals surface area contributed by atoms with Crippen molar-refractivity contribution in [2.75, 3.05) is 0 Å². The van der Waals surface area contributed by atoms with Gasteiger partial charge in [-0.15, -0.1) is 0 Å². The van der Waals surface area contributed by atoms with Crippen LogP contribution in [-0.4, -0.2) is 21.0 Å². The Hall–Kier alpha value is -0.700. The molecule has 2 heterocycles. The third-order valence-corrected chi connectivity index (χ3v) is 3.64. The van der Waals surface area contributed by atoms with Gasteiger partial charge in [0.2, 0.25) is 5.89 Å². The van der Waals surface area contributed by atoms with E-state index in [0.29, 0.717) is 19.7 Å². The van der Waals surface area contributed by atoms with Gasteiger partial charge in [0.15, 0.2) is 5.58 Å². The van der Waals surface area contributed by atoms with E-state index in [1.807, 2.05) is 43.4 Å². The lowest BCUT2D eigenvalue weighted by Crippen LogP contribution is -2.11. The molecule has 0 saturated heterocycles. The summed E-state index contributed by atoms with van der Waals surface area (Å²) >= 11 is 5.15. The molecule has 0 amide bonds. The molecule has 0 aliphatic heterocycles. The van der Waals surface area contributed by atoms with Crippen molar-refractivity contribution in [3.8, 4) is 0 Å². The van der Waals surface area contributed by atoms with Gasteiger partial charge in [0, 0.05) is 5.41 Å². The third-order valence-electron chi connectivity index (χ3n) is 2.31. The van der Waals surface area contributed by atoms with E-state index in [1.54, 1.807) is 0 Å². The first-order chi connectivity index (χ1) is 8.21. The minimum atomic E-state index is -1.07. The summed E-state index contributed by atoms with van der Waals surface area (Å²) in [6.45, 7) is 5.85. The second kappa shape index (κ2) is 4.44. The van der Waals surface area contributed by atoms with E-state index < -0.39 is 5.97 Å². The summed E-state index contributed by atoms with van der Waals surface area (Å²) in [5, 5.41) is 9.22. The monoisotopic (exact) mass is 424 g/mol. The number of carboxylic acid groups (broad SMARTS) is 1. The fraction of sp³-hybridized carbons (Fsp3) is 0.364. The molecule has 0 aliphatic carbocycles. The van der Waals surface area contributed by atoms with Gasteiger partial charge in [-0.3, -0.25) is 0 Å². The summed E-state index contributed by atoms with van der Waals surface area (Å²) in [5.74, 6) is -0.578. The summed E-state index contributed by atoms with van der Waals surface area (Å²) in [5.41, 5.74) is 0.466. The van der Waals surface area contributed by atoms with Crippen LogP contribution in [0.3, 0.4) is 0 Å². The lowest BCUT2D eigenvalue weighted by Gasteiger charge is -2.11. The molecule has 0 radical (unpaired) electrons. The van der Waals surface area contributed by atoms with Crippen LogP contribution in [0.5, 0.6) is 0 Å². The molecule has 1 N–H and O–H groups in total. The number of carboxylic acids is 1. The van der Waals surface area contributed by atoms with Crippen LogP contribution in [-0.2, 0) is 5.41 Å². The van der Waals surface area contributed by atoms with Gasteiger partial charge >= 0.3 is 5.97 Å². The zero-order valence-corrected chi connectivity index (χ0v) is 13.7. The Labute approximate surface area is 125 Å². The van der Waals surface area contributed by atoms with Crippen LogP contribution in [0.4, 0.5) is 0 Å². The molecule has 0 saturated carbocycles. The molecule has 2 aromatic heterocycles. The van der Waals surface area contributed by atoms with Gasteiger partial charge in [0.25, 0.3) is 0 Å². The number of aromatic carboxylic acids is 1. The van der Waals surface area contributed by atoms with Crippen LogP contribution < -0.4 is 0 Å². The number of carbonyl (C=O) groups is 1. The Balaban J connectivity index is 2.86. The number of fused-ring (bicyclic) bond motifs is 1. The Kier molecular flexibility index (Phi) is 3.39. The van der Waals surface area contributed by atoms with E-state index in [0.717, 1.165) is 0 Å². The number of nitrogens with zero attached hydrogens (tertiary/aromatic N) is 2. The Bertz CT molecular complexity index is 646. The van der Waals surface area contributed by atoms with Crippen molar-refractivity contribution < 1.29 is 14.3 Å². The zero-order valence-electron chi connectivity index (χ0n) is 9.91. The fourth-order valence-corrected chi connectivity index (χ4v) is 2.92. The van der Waals surface area contributed by atoms with Gasteiger partial charge in [0.05, 0.1) is 0 Å². The Morgan fingerprint density at radius 1 is 1.39 bits per heavy atom. The molecule has 0 aromatic carbocycles. The molecule has 2 aromatic rings. The lowest BCUT2D eigenvalue weighted by molar-refractivity contribution is 0.0696. The highest BCUT2D eigenvalue weighted by atomic mass is 127. The molecular weight excluding hydrogens is 415 g/mol. The summed E-state index contributed by atoms with van der Waals surface area (Å²) in [7, 11) is 0. The molecule has 5 nitrogen and oxygen atoms in total. The molecule has 2 rings (SSSR count). The topological polar surface area (TPSA) is 76.2 Å². The van der Waals surface area contributed by atoms with E-state index in [1.165, 1.54) is 0 Å². The van der Waals surface area contributed by atoms with E-state index in [9.17, 15) is 9.90 Å². The predicted molar refractivity (Wildman–Crippen MR) is 77.9 cm³/mol. The summed E-state index contributed by atoms with van der Waals surface area (Å²) in [4.78, 5) is 19.7.